The Hall–Kier alpha value is -2.16. The lowest BCUT2D eigenvalue weighted by molar-refractivity contribution is -0.147. The lowest BCUT2D eigenvalue weighted by Crippen LogP contribution is -2.47. The maximum Gasteiger partial charge on any atom is 0.326 e. The van der Waals surface area contributed by atoms with Gasteiger partial charge in [-0.05, 0) is 13.8 Å². The van der Waals surface area contributed by atoms with Gasteiger partial charge in [-0.3, -0.25) is 4.79 Å². The first-order chi connectivity index (χ1) is 9.83. The molecule has 0 aromatic carbocycles. The standard InChI is InChI=1S/C12H17N3O5S/c1-6-5-21-10(13-6)7(2)14-12(19)15-8(11(17)18)4-9(16)20-3/h5,7-8H,4H2,1-3H3,(H,17,18)(H2,14,15,19)/t7?,8-/m0/s1. The molecule has 0 aliphatic heterocycles. The van der Waals surface area contributed by atoms with Crippen molar-refractivity contribution in [1.82, 2.24) is 15.6 Å². The van der Waals surface area contributed by atoms with Crippen LogP contribution < -0.4 is 10.6 Å². The van der Waals surface area contributed by atoms with E-state index in [0.717, 1.165) is 12.8 Å². The lowest BCUT2D eigenvalue weighted by Gasteiger charge is -2.16. The highest BCUT2D eigenvalue weighted by molar-refractivity contribution is 7.09. The van der Waals surface area contributed by atoms with Gasteiger partial charge in [0.1, 0.15) is 11.0 Å². The highest BCUT2D eigenvalue weighted by Gasteiger charge is 2.24. The van der Waals surface area contributed by atoms with E-state index in [2.05, 4.69) is 20.4 Å². The van der Waals surface area contributed by atoms with Crippen molar-refractivity contribution < 1.29 is 24.2 Å². The molecule has 1 heterocycles. The number of carbonyl (C=O) groups excluding carboxylic acids is 2. The van der Waals surface area contributed by atoms with Crippen LogP contribution in [0.1, 0.15) is 30.1 Å². The maximum atomic E-state index is 11.8. The molecule has 8 nitrogen and oxygen atoms in total. The largest absolute Gasteiger partial charge is 0.480 e. The zero-order chi connectivity index (χ0) is 16.0. The Balaban J connectivity index is 2.57. The van der Waals surface area contributed by atoms with Crippen LogP contribution in [0.5, 0.6) is 0 Å². The van der Waals surface area contributed by atoms with Crippen molar-refractivity contribution in [1.29, 1.82) is 0 Å². The zero-order valence-corrected chi connectivity index (χ0v) is 12.7. The summed E-state index contributed by atoms with van der Waals surface area (Å²) in [4.78, 5) is 38.1. The molecule has 0 spiro atoms. The summed E-state index contributed by atoms with van der Waals surface area (Å²) in [6.45, 7) is 3.57. The van der Waals surface area contributed by atoms with E-state index in [-0.39, 0.29) is 6.04 Å². The number of hydrogen-bond donors (Lipinski definition) is 3. The summed E-state index contributed by atoms with van der Waals surface area (Å²) >= 11 is 1.40. The number of methoxy groups -OCH3 is 1. The molecule has 2 atom stereocenters. The fourth-order valence-corrected chi connectivity index (χ4v) is 2.28. The summed E-state index contributed by atoms with van der Waals surface area (Å²) in [5.41, 5.74) is 0.846. The van der Waals surface area contributed by atoms with E-state index in [1.165, 1.54) is 11.3 Å². The lowest BCUT2D eigenvalue weighted by atomic mass is 10.2. The van der Waals surface area contributed by atoms with E-state index < -0.39 is 30.4 Å². The number of carboxylic acids is 1. The van der Waals surface area contributed by atoms with Gasteiger partial charge in [-0.15, -0.1) is 11.3 Å². The number of nitrogens with zero attached hydrogens (tertiary/aromatic N) is 1. The number of aromatic nitrogens is 1. The van der Waals surface area contributed by atoms with Crippen LogP contribution in [0, 0.1) is 6.92 Å². The second kappa shape index (κ2) is 7.58. The van der Waals surface area contributed by atoms with Crippen molar-refractivity contribution >= 4 is 29.3 Å². The number of rotatable bonds is 6. The van der Waals surface area contributed by atoms with Gasteiger partial charge in [0.2, 0.25) is 0 Å². The Morgan fingerprint density at radius 1 is 1.43 bits per heavy atom. The molecule has 1 rings (SSSR count). The molecule has 1 aromatic heterocycles. The molecular weight excluding hydrogens is 298 g/mol. The Bertz CT molecular complexity index is 531. The Kier molecular flexibility index (Phi) is 6.10. The Morgan fingerprint density at radius 2 is 2.10 bits per heavy atom. The van der Waals surface area contributed by atoms with Gasteiger partial charge < -0.3 is 20.5 Å². The fourth-order valence-electron chi connectivity index (χ4n) is 1.48. The number of aryl methyl sites for hydroxylation is 1. The number of hydrogen-bond acceptors (Lipinski definition) is 6. The topological polar surface area (TPSA) is 118 Å². The van der Waals surface area contributed by atoms with Gasteiger partial charge in [0.05, 0.1) is 19.6 Å². The highest BCUT2D eigenvalue weighted by atomic mass is 32.1. The molecule has 3 N–H and O–H groups in total. The number of amides is 2. The molecule has 0 radical (unpaired) electrons. The molecule has 116 valence electrons. The molecule has 0 saturated heterocycles. The van der Waals surface area contributed by atoms with Gasteiger partial charge in [-0.2, -0.15) is 0 Å². The molecule has 9 heteroatoms. The smallest absolute Gasteiger partial charge is 0.326 e. The average molecular weight is 315 g/mol. The number of carbonyl (C=O) groups is 3. The van der Waals surface area contributed by atoms with Gasteiger partial charge >= 0.3 is 18.0 Å². The summed E-state index contributed by atoms with van der Waals surface area (Å²) in [7, 11) is 1.15. The molecule has 2 amide bonds. The predicted octanol–water partition coefficient (Wildman–Crippen LogP) is 0.828. The van der Waals surface area contributed by atoms with Crippen LogP contribution in [-0.2, 0) is 14.3 Å². The monoisotopic (exact) mass is 315 g/mol. The Morgan fingerprint density at radius 3 is 2.57 bits per heavy atom. The van der Waals surface area contributed by atoms with Gasteiger partial charge in [-0.1, -0.05) is 0 Å². The summed E-state index contributed by atoms with van der Waals surface area (Å²) in [6.07, 6.45) is -0.440. The molecular formula is C12H17N3O5S. The van der Waals surface area contributed by atoms with Crippen LogP contribution in [0.4, 0.5) is 4.79 Å². The Labute approximate surface area is 125 Å². The number of aliphatic carboxylic acids is 1. The van der Waals surface area contributed by atoms with Crippen molar-refractivity contribution in [2.45, 2.75) is 32.4 Å². The molecule has 0 saturated carbocycles. The van der Waals surface area contributed by atoms with Gasteiger partial charge in [0.25, 0.3) is 0 Å². The second-order valence-electron chi connectivity index (χ2n) is 4.34. The number of urea groups is 1. The summed E-state index contributed by atoms with van der Waals surface area (Å²) in [6, 6.07) is -2.40. The summed E-state index contributed by atoms with van der Waals surface area (Å²) < 4.78 is 4.38. The quantitative estimate of drug-likeness (QED) is 0.669. The highest BCUT2D eigenvalue weighted by Crippen LogP contribution is 2.17. The number of thiazole rings is 1. The number of ether oxygens (including phenoxy) is 1. The summed E-state index contributed by atoms with van der Waals surface area (Å²) in [5.74, 6) is -2.03. The van der Waals surface area contributed by atoms with Crippen molar-refractivity contribution in [3.8, 4) is 0 Å². The SMILES string of the molecule is COC(=O)C[C@H](NC(=O)NC(C)c1nc(C)cs1)C(=O)O. The van der Waals surface area contributed by atoms with Crippen LogP contribution in [0.15, 0.2) is 5.38 Å². The molecule has 21 heavy (non-hydrogen) atoms. The first kappa shape index (κ1) is 16.9. The minimum Gasteiger partial charge on any atom is -0.480 e. The van der Waals surface area contributed by atoms with Crippen molar-refractivity contribution in [2.75, 3.05) is 7.11 Å². The van der Waals surface area contributed by atoms with Crippen molar-refractivity contribution in [3.05, 3.63) is 16.1 Å². The van der Waals surface area contributed by atoms with E-state index in [4.69, 9.17) is 5.11 Å². The van der Waals surface area contributed by atoms with Gasteiger partial charge in [-0.25, -0.2) is 14.6 Å². The summed E-state index contributed by atoms with van der Waals surface area (Å²) in [5, 5.41) is 16.3. The molecule has 1 aromatic rings. The van der Waals surface area contributed by atoms with Crippen LogP contribution in [0.25, 0.3) is 0 Å². The first-order valence-corrected chi connectivity index (χ1v) is 7.00. The zero-order valence-electron chi connectivity index (χ0n) is 11.9. The van der Waals surface area contributed by atoms with Crippen molar-refractivity contribution in [2.24, 2.45) is 0 Å². The third kappa shape index (κ3) is 5.38. The van der Waals surface area contributed by atoms with E-state index in [9.17, 15) is 14.4 Å². The van der Waals surface area contributed by atoms with Gasteiger partial charge in [0, 0.05) is 11.1 Å². The minimum atomic E-state index is -1.34. The predicted molar refractivity (Wildman–Crippen MR) is 75.0 cm³/mol. The fraction of sp³-hybridized carbons (Fsp3) is 0.500. The minimum absolute atomic E-state index is 0.365. The number of carboxylic acid groups (broad SMARTS) is 1. The van der Waals surface area contributed by atoms with E-state index in [1.807, 2.05) is 12.3 Å². The molecule has 0 fully saturated rings. The maximum absolute atomic E-state index is 11.8. The normalized spacial score (nSPS) is 13.1. The third-order valence-electron chi connectivity index (χ3n) is 2.56. The molecule has 0 aliphatic rings. The third-order valence-corrected chi connectivity index (χ3v) is 3.70. The van der Waals surface area contributed by atoms with Gasteiger partial charge in [0.15, 0.2) is 0 Å². The van der Waals surface area contributed by atoms with Crippen LogP contribution in [0.2, 0.25) is 0 Å². The average Bonchev–Trinajstić information content (AvgIpc) is 2.84. The molecule has 0 aliphatic carbocycles. The van der Waals surface area contributed by atoms with E-state index in [1.54, 1.807) is 6.92 Å². The first-order valence-electron chi connectivity index (χ1n) is 6.12. The van der Waals surface area contributed by atoms with Crippen LogP contribution in [0.3, 0.4) is 0 Å². The van der Waals surface area contributed by atoms with Crippen molar-refractivity contribution in [3.63, 3.8) is 0 Å². The molecule has 1 unspecified atom stereocenters. The number of esters is 1. The second-order valence-corrected chi connectivity index (χ2v) is 5.23. The van der Waals surface area contributed by atoms with E-state index >= 15 is 0 Å². The molecule has 0 bridgehead atoms. The van der Waals surface area contributed by atoms with Crippen LogP contribution in [-0.4, -0.2) is 41.2 Å². The van der Waals surface area contributed by atoms with E-state index in [0.29, 0.717) is 5.01 Å². The van der Waals surface area contributed by atoms with Crippen LogP contribution >= 0.6 is 11.3 Å². The number of nitrogens with one attached hydrogen (secondary N) is 2.